The van der Waals surface area contributed by atoms with Gasteiger partial charge in [0.15, 0.2) is 0 Å². The zero-order chi connectivity index (χ0) is 24.3. The van der Waals surface area contributed by atoms with Gasteiger partial charge in [0.2, 0.25) is 15.8 Å². The van der Waals surface area contributed by atoms with Gasteiger partial charge in [0.1, 0.15) is 17.4 Å². The number of carbonyl (C=O) groups is 1. The summed E-state index contributed by atoms with van der Waals surface area (Å²) >= 11 is 0. The molecule has 2 aromatic carbocycles. The Morgan fingerprint density at radius 1 is 1.06 bits per heavy atom. The van der Waals surface area contributed by atoms with E-state index in [1.807, 2.05) is 0 Å². The number of aryl methyl sites for hydroxylation is 1. The number of aromatic nitrogens is 3. The Labute approximate surface area is 197 Å². The van der Waals surface area contributed by atoms with Crippen LogP contribution in [0.25, 0.3) is 5.69 Å². The number of benzene rings is 2. The summed E-state index contributed by atoms with van der Waals surface area (Å²) in [7, 11) is -2.28. The monoisotopic (exact) mass is 487 g/mol. The lowest BCUT2D eigenvalue weighted by Crippen LogP contribution is -2.32. The van der Waals surface area contributed by atoms with Gasteiger partial charge in [-0.25, -0.2) is 22.5 Å². The molecule has 1 aromatic heterocycles. The molecule has 1 aliphatic heterocycles. The van der Waals surface area contributed by atoms with Crippen LogP contribution in [0, 0.1) is 12.7 Å². The number of methoxy groups -OCH3 is 1. The highest BCUT2D eigenvalue weighted by Gasteiger charge is 2.27. The van der Waals surface area contributed by atoms with Crippen LogP contribution in [0.1, 0.15) is 42.1 Å². The van der Waals surface area contributed by atoms with Crippen molar-refractivity contribution < 1.29 is 22.3 Å². The lowest BCUT2D eigenvalue weighted by molar-refractivity contribution is 0.101. The number of ether oxygens (including phenoxy) is 1. The van der Waals surface area contributed by atoms with Crippen LogP contribution < -0.4 is 10.1 Å². The Balaban J connectivity index is 1.60. The third-order valence-electron chi connectivity index (χ3n) is 5.67. The Bertz CT molecular complexity index is 1280. The molecule has 0 atom stereocenters. The first-order valence-corrected chi connectivity index (χ1v) is 12.4. The molecule has 9 nitrogen and oxygen atoms in total. The van der Waals surface area contributed by atoms with Gasteiger partial charge in [0.25, 0.3) is 5.91 Å². The Kier molecular flexibility index (Phi) is 6.94. The van der Waals surface area contributed by atoms with Crippen LogP contribution in [0.3, 0.4) is 0 Å². The highest BCUT2D eigenvalue weighted by Crippen LogP contribution is 2.30. The van der Waals surface area contributed by atoms with Crippen LogP contribution in [0.15, 0.2) is 47.4 Å². The molecule has 180 valence electrons. The summed E-state index contributed by atoms with van der Waals surface area (Å²) in [6, 6.07) is 10.0. The molecule has 1 saturated heterocycles. The van der Waals surface area contributed by atoms with E-state index in [1.165, 1.54) is 58.6 Å². The van der Waals surface area contributed by atoms with E-state index in [-0.39, 0.29) is 22.2 Å². The maximum atomic E-state index is 13.2. The number of nitrogens with one attached hydrogen (secondary N) is 1. The molecule has 0 unspecified atom stereocenters. The van der Waals surface area contributed by atoms with Gasteiger partial charge < -0.3 is 10.1 Å². The minimum Gasteiger partial charge on any atom is -0.495 e. The summed E-state index contributed by atoms with van der Waals surface area (Å²) in [5, 5.41) is 6.88. The van der Waals surface area contributed by atoms with Crippen molar-refractivity contribution in [3.63, 3.8) is 0 Å². The fourth-order valence-corrected chi connectivity index (χ4v) is 5.41. The van der Waals surface area contributed by atoms with Crippen molar-refractivity contribution >= 4 is 21.6 Å². The minimum absolute atomic E-state index is 0.0754. The number of carbonyl (C=O) groups excluding carboxylic acids is 1. The molecule has 11 heteroatoms. The predicted octanol–water partition coefficient (Wildman–Crippen LogP) is 3.54. The maximum Gasteiger partial charge on any atom is 0.295 e. The molecule has 4 rings (SSSR count). The lowest BCUT2D eigenvalue weighted by atomic mass is 10.2. The molecule has 0 bridgehead atoms. The first-order chi connectivity index (χ1) is 16.3. The molecule has 1 amide bonds. The highest BCUT2D eigenvalue weighted by atomic mass is 32.2. The molecule has 1 aliphatic rings. The highest BCUT2D eigenvalue weighted by molar-refractivity contribution is 7.89. The van der Waals surface area contributed by atoms with Gasteiger partial charge in [-0.05, 0) is 62.2 Å². The van der Waals surface area contributed by atoms with Gasteiger partial charge in [-0.3, -0.25) is 4.79 Å². The Hall–Kier alpha value is -3.31. The Morgan fingerprint density at radius 2 is 1.74 bits per heavy atom. The summed E-state index contributed by atoms with van der Waals surface area (Å²) in [6.45, 7) is 2.61. The second kappa shape index (κ2) is 9.90. The standard InChI is InChI=1S/C23H26FN5O4S/c1-16-25-22(27-29(16)18-9-7-17(24)8-10-18)23(30)26-20-15-19(11-12-21(20)33-2)34(31,32)28-13-5-3-4-6-14-28/h7-12,15H,3-6,13-14H2,1-2H3,(H,26,30). The van der Waals surface area contributed by atoms with Gasteiger partial charge in [-0.2, -0.15) is 4.31 Å². The van der Waals surface area contributed by atoms with Crippen molar-refractivity contribution in [2.45, 2.75) is 37.5 Å². The van der Waals surface area contributed by atoms with Crippen LogP contribution >= 0.6 is 0 Å². The van der Waals surface area contributed by atoms with E-state index in [9.17, 15) is 17.6 Å². The van der Waals surface area contributed by atoms with Crippen LogP contribution in [0.5, 0.6) is 5.75 Å². The van der Waals surface area contributed by atoms with Crippen LogP contribution in [-0.2, 0) is 10.0 Å². The van der Waals surface area contributed by atoms with Gasteiger partial charge in [0.05, 0.1) is 23.4 Å². The number of sulfonamides is 1. The summed E-state index contributed by atoms with van der Waals surface area (Å²) < 4.78 is 47.9. The average molecular weight is 488 g/mol. The summed E-state index contributed by atoms with van der Waals surface area (Å²) in [4.78, 5) is 17.2. The third kappa shape index (κ3) is 4.95. The molecule has 0 aliphatic carbocycles. The average Bonchev–Trinajstić information content (AvgIpc) is 3.02. The van der Waals surface area contributed by atoms with Gasteiger partial charge >= 0.3 is 0 Å². The molecular weight excluding hydrogens is 461 g/mol. The second-order valence-electron chi connectivity index (χ2n) is 8.01. The van der Waals surface area contributed by atoms with Crippen LogP contribution in [0.4, 0.5) is 10.1 Å². The number of rotatable bonds is 6. The molecule has 0 spiro atoms. The van der Waals surface area contributed by atoms with Gasteiger partial charge in [-0.1, -0.05) is 12.8 Å². The topological polar surface area (TPSA) is 106 Å². The summed E-state index contributed by atoms with van der Waals surface area (Å²) in [5.74, 6) is -0.406. The Morgan fingerprint density at radius 3 is 2.38 bits per heavy atom. The number of hydrogen-bond donors (Lipinski definition) is 1. The van der Waals surface area contributed by atoms with E-state index in [1.54, 1.807) is 6.92 Å². The van der Waals surface area contributed by atoms with Crippen molar-refractivity contribution in [2.24, 2.45) is 0 Å². The fourth-order valence-electron chi connectivity index (χ4n) is 3.87. The largest absolute Gasteiger partial charge is 0.495 e. The predicted molar refractivity (Wildman–Crippen MR) is 124 cm³/mol. The molecule has 3 aromatic rings. The van der Waals surface area contributed by atoms with Crippen LogP contribution in [0.2, 0.25) is 0 Å². The lowest BCUT2D eigenvalue weighted by Gasteiger charge is -2.20. The van der Waals surface area contributed by atoms with Crippen molar-refractivity contribution in [3.8, 4) is 11.4 Å². The maximum absolute atomic E-state index is 13.2. The van der Waals surface area contributed by atoms with E-state index in [4.69, 9.17) is 4.74 Å². The minimum atomic E-state index is -3.71. The quantitative estimate of drug-likeness (QED) is 0.570. The van der Waals surface area contributed by atoms with Gasteiger partial charge in [0, 0.05) is 13.1 Å². The number of halogens is 1. The number of nitrogens with zero attached hydrogens (tertiary/aromatic N) is 4. The zero-order valence-corrected chi connectivity index (χ0v) is 19.8. The molecule has 0 saturated carbocycles. The van der Waals surface area contributed by atoms with Crippen molar-refractivity contribution in [3.05, 3.63) is 59.9 Å². The molecule has 2 heterocycles. The van der Waals surface area contributed by atoms with Crippen LogP contribution in [-0.4, -0.2) is 53.6 Å². The smallest absolute Gasteiger partial charge is 0.295 e. The molecule has 0 radical (unpaired) electrons. The fraction of sp³-hybridized carbons (Fsp3) is 0.348. The number of amides is 1. The molecule has 1 N–H and O–H groups in total. The molecular formula is C23H26FN5O4S. The summed E-state index contributed by atoms with van der Waals surface area (Å²) in [6.07, 6.45) is 3.65. The van der Waals surface area contributed by atoms with E-state index >= 15 is 0 Å². The SMILES string of the molecule is COc1ccc(S(=O)(=O)N2CCCCCC2)cc1NC(=O)c1nc(C)n(-c2ccc(F)cc2)n1. The normalized spacial score (nSPS) is 15.0. The molecule has 1 fully saturated rings. The zero-order valence-electron chi connectivity index (χ0n) is 19.0. The molecule has 34 heavy (non-hydrogen) atoms. The van der Waals surface area contributed by atoms with Gasteiger partial charge in [-0.15, -0.1) is 5.10 Å². The van der Waals surface area contributed by atoms with Crippen molar-refractivity contribution in [1.29, 1.82) is 0 Å². The van der Waals surface area contributed by atoms with E-state index in [0.717, 1.165) is 25.7 Å². The third-order valence-corrected chi connectivity index (χ3v) is 7.56. The number of anilines is 1. The first kappa shape index (κ1) is 23.8. The second-order valence-corrected chi connectivity index (χ2v) is 9.94. The number of hydrogen-bond acceptors (Lipinski definition) is 6. The van der Waals surface area contributed by atoms with E-state index in [2.05, 4.69) is 15.4 Å². The van der Waals surface area contributed by atoms with E-state index < -0.39 is 15.9 Å². The van der Waals surface area contributed by atoms with Crippen molar-refractivity contribution in [2.75, 3.05) is 25.5 Å². The first-order valence-electron chi connectivity index (χ1n) is 11.0. The van der Waals surface area contributed by atoms with E-state index in [0.29, 0.717) is 30.4 Å². The van der Waals surface area contributed by atoms with Crippen molar-refractivity contribution in [1.82, 2.24) is 19.1 Å². The summed E-state index contributed by atoms with van der Waals surface area (Å²) in [5.41, 5.74) is 0.743.